The van der Waals surface area contributed by atoms with E-state index in [2.05, 4.69) is 5.32 Å². The Morgan fingerprint density at radius 3 is 2.44 bits per heavy atom. The standard InChI is InChI=1S/C13H19NO3.ClH/c1-3-14-9-10-17-13(15)11-5-7-12(8-6-11)16-4-2;/h5-8,14H,3-4,9-10H2,1-2H3;1H. The first kappa shape index (κ1) is 16.7. The van der Waals surface area contributed by atoms with E-state index in [-0.39, 0.29) is 18.4 Å². The van der Waals surface area contributed by atoms with E-state index in [1.54, 1.807) is 24.3 Å². The molecule has 1 rings (SSSR count). The van der Waals surface area contributed by atoms with Crippen LogP contribution >= 0.6 is 12.4 Å². The highest BCUT2D eigenvalue weighted by atomic mass is 35.5. The van der Waals surface area contributed by atoms with Crippen LogP contribution in [0.15, 0.2) is 24.3 Å². The van der Waals surface area contributed by atoms with Gasteiger partial charge in [-0.05, 0) is 37.7 Å². The second kappa shape index (κ2) is 9.74. The molecule has 0 aliphatic carbocycles. The zero-order valence-corrected chi connectivity index (χ0v) is 11.6. The number of carbonyl (C=O) groups excluding carboxylic acids is 1. The molecule has 0 bridgehead atoms. The highest BCUT2D eigenvalue weighted by Crippen LogP contribution is 2.12. The van der Waals surface area contributed by atoms with Gasteiger partial charge in [0.1, 0.15) is 12.4 Å². The zero-order valence-electron chi connectivity index (χ0n) is 10.8. The highest BCUT2D eigenvalue weighted by Gasteiger charge is 2.06. The number of likely N-dealkylation sites (N-methyl/N-ethyl adjacent to an activating group) is 1. The summed E-state index contributed by atoms with van der Waals surface area (Å²) in [6, 6.07) is 6.95. The molecule has 0 spiro atoms. The van der Waals surface area contributed by atoms with E-state index >= 15 is 0 Å². The molecule has 1 N–H and O–H groups in total. The van der Waals surface area contributed by atoms with E-state index in [0.717, 1.165) is 12.3 Å². The van der Waals surface area contributed by atoms with Crippen molar-refractivity contribution in [2.24, 2.45) is 0 Å². The maximum Gasteiger partial charge on any atom is 0.338 e. The van der Waals surface area contributed by atoms with Crippen LogP contribution in [-0.4, -0.2) is 32.3 Å². The Hall–Kier alpha value is -1.26. The van der Waals surface area contributed by atoms with Crippen molar-refractivity contribution in [1.82, 2.24) is 5.32 Å². The van der Waals surface area contributed by atoms with Gasteiger partial charge in [0.25, 0.3) is 0 Å². The van der Waals surface area contributed by atoms with Gasteiger partial charge in [0.15, 0.2) is 0 Å². The van der Waals surface area contributed by atoms with Gasteiger partial charge in [-0.25, -0.2) is 4.79 Å². The lowest BCUT2D eigenvalue weighted by Gasteiger charge is -2.06. The van der Waals surface area contributed by atoms with Crippen LogP contribution in [0.25, 0.3) is 0 Å². The molecule has 0 saturated heterocycles. The lowest BCUT2D eigenvalue weighted by Crippen LogP contribution is -2.20. The first-order chi connectivity index (χ1) is 8.27. The van der Waals surface area contributed by atoms with Crippen LogP contribution in [-0.2, 0) is 4.74 Å². The van der Waals surface area contributed by atoms with Gasteiger partial charge in [0.05, 0.1) is 12.2 Å². The minimum Gasteiger partial charge on any atom is -0.494 e. The van der Waals surface area contributed by atoms with Crippen molar-refractivity contribution in [2.75, 3.05) is 26.3 Å². The van der Waals surface area contributed by atoms with Gasteiger partial charge in [-0.3, -0.25) is 0 Å². The maximum atomic E-state index is 11.6. The molecule has 0 unspecified atom stereocenters. The van der Waals surface area contributed by atoms with Gasteiger partial charge in [-0.15, -0.1) is 12.4 Å². The molecule has 0 saturated carbocycles. The van der Waals surface area contributed by atoms with Crippen molar-refractivity contribution in [3.8, 4) is 5.75 Å². The highest BCUT2D eigenvalue weighted by molar-refractivity contribution is 5.89. The summed E-state index contributed by atoms with van der Waals surface area (Å²) in [5.74, 6) is 0.461. The van der Waals surface area contributed by atoms with Crippen molar-refractivity contribution in [3.05, 3.63) is 29.8 Å². The molecule has 0 aliphatic rings. The number of esters is 1. The normalized spacial score (nSPS) is 9.44. The third kappa shape index (κ3) is 5.89. The second-order valence-corrected chi connectivity index (χ2v) is 3.45. The van der Waals surface area contributed by atoms with E-state index in [9.17, 15) is 4.79 Å². The van der Waals surface area contributed by atoms with Crippen LogP contribution in [0, 0.1) is 0 Å². The Morgan fingerprint density at radius 2 is 1.89 bits per heavy atom. The molecule has 0 aliphatic heterocycles. The van der Waals surface area contributed by atoms with E-state index in [1.165, 1.54) is 0 Å². The van der Waals surface area contributed by atoms with Crippen molar-refractivity contribution in [1.29, 1.82) is 0 Å². The number of hydrogen-bond acceptors (Lipinski definition) is 4. The maximum absolute atomic E-state index is 11.6. The Kier molecular flexibility index (Phi) is 9.06. The molecule has 0 radical (unpaired) electrons. The summed E-state index contributed by atoms with van der Waals surface area (Å²) in [7, 11) is 0. The molecule has 18 heavy (non-hydrogen) atoms. The third-order valence-electron chi connectivity index (χ3n) is 2.16. The average molecular weight is 274 g/mol. The minimum atomic E-state index is -0.300. The molecule has 1 aromatic rings. The summed E-state index contributed by atoms with van der Waals surface area (Å²) in [4.78, 5) is 11.6. The Balaban J connectivity index is 0.00000289. The molecule has 0 heterocycles. The van der Waals surface area contributed by atoms with E-state index in [4.69, 9.17) is 9.47 Å². The van der Waals surface area contributed by atoms with Crippen molar-refractivity contribution in [2.45, 2.75) is 13.8 Å². The lowest BCUT2D eigenvalue weighted by molar-refractivity contribution is 0.0509. The van der Waals surface area contributed by atoms with Gasteiger partial charge in [0.2, 0.25) is 0 Å². The lowest BCUT2D eigenvalue weighted by atomic mass is 10.2. The Bertz CT molecular complexity index is 341. The predicted molar refractivity (Wildman–Crippen MR) is 73.7 cm³/mol. The van der Waals surface area contributed by atoms with Gasteiger partial charge in [0, 0.05) is 6.54 Å². The monoisotopic (exact) mass is 273 g/mol. The average Bonchev–Trinajstić information content (AvgIpc) is 2.36. The second-order valence-electron chi connectivity index (χ2n) is 3.45. The molecule has 5 heteroatoms. The fourth-order valence-electron chi connectivity index (χ4n) is 1.33. The van der Waals surface area contributed by atoms with Crippen molar-refractivity contribution in [3.63, 3.8) is 0 Å². The summed E-state index contributed by atoms with van der Waals surface area (Å²) >= 11 is 0. The molecule has 4 nitrogen and oxygen atoms in total. The smallest absolute Gasteiger partial charge is 0.338 e. The third-order valence-corrected chi connectivity index (χ3v) is 2.16. The fourth-order valence-corrected chi connectivity index (χ4v) is 1.33. The zero-order chi connectivity index (χ0) is 12.5. The van der Waals surface area contributed by atoms with Crippen LogP contribution in [0.2, 0.25) is 0 Å². The number of ether oxygens (including phenoxy) is 2. The Labute approximate surface area is 114 Å². The molecule has 0 aromatic heterocycles. The van der Waals surface area contributed by atoms with Gasteiger partial charge < -0.3 is 14.8 Å². The van der Waals surface area contributed by atoms with E-state index in [1.807, 2.05) is 13.8 Å². The summed E-state index contributed by atoms with van der Waals surface area (Å²) in [6.45, 7) is 6.49. The molecule has 0 atom stereocenters. The van der Waals surface area contributed by atoms with Crippen LogP contribution in [0.3, 0.4) is 0 Å². The van der Waals surface area contributed by atoms with Gasteiger partial charge >= 0.3 is 5.97 Å². The summed E-state index contributed by atoms with van der Waals surface area (Å²) < 4.78 is 10.4. The van der Waals surface area contributed by atoms with Crippen molar-refractivity contribution < 1.29 is 14.3 Å². The molecular weight excluding hydrogens is 254 g/mol. The number of benzene rings is 1. The topological polar surface area (TPSA) is 47.6 Å². The first-order valence-electron chi connectivity index (χ1n) is 5.88. The van der Waals surface area contributed by atoms with Crippen LogP contribution in [0.1, 0.15) is 24.2 Å². The molecule has 0 fully saturated rings. The van der Waals surface area contributed by atoms with E-state index in [0.29, 0.717) is 25.3 Å². The van der Waals surface area contributed by atoms with Crippen molar-refractivity contribution >= 4 is 18.4 Å². The number of hydrogen-bond donors (Lipinski definition) is 1. The molecule has 0 amide bonds. The fraction of sp³-hybridized carbons (Fsp3) is 0.462. The summed E-state index contributed by atoms with van der Waals surface area (Å²) in [5.41, 5.74) is 0.546. The largest absolute Gasteiger partial charge is 0.494 e. The molecule has 102 valence electrons. The number of rotatable bonds is 7. The quantitative estimate of drug-likeness (QED) is 0.612. The minimum absolute atomic E-state index is 0. The number of carbonyl (C=O) groups is 1. The first-order valence-corrected chi connectivity index (χ1v) is 5.88. The van der Waals surface area contributed by atoms with Crippen LogP contribution in [0.5, 0.6) is 5.75 Å². The number of nitrogens with one attached hydrogen (secondary N) is 1. The van der Waals surface area contributed by atoms with E-state index < -0.39 is 0 Å². The SMILES string of the molecule is CCNCCOC(=O)c1ccc(OCC)cc1.Cl. The number of halogens is 1. The summed E-state index contributed by atoms with van der Waals surface area (Å²) in [6.07, 6.45) is 0. The van der Waals surface area contributed by atoms with Gasteiger partial charge in [-0.1, -0.05) is 6.92 Å². The predicted octanol–water partition coefficient (Wildman–Crippen LogP) is 2.27. The summed E-state index contributed by atoms with van der Waals surface area (Å²) in [5, 5.41) is 3.08. The molecular formula is C13H20ClNO3. The molecule has 1 aromatic carbocycles. The van der Waals surface area contributed by atoms with Crippen LogP contribution in [0.4, 0.5) is 0 Å². The van der Waals surface area contributed by atoms with Crippen LogP contribution < -0.4 is 10.1 Å². The Morgan fingerprint density at radius 1 is 1.22 bits per heavy atom. The van der Waals surface area contributed by atoms with Gasteiger partial charge in [-0.2, -0.15) is 0 Å².